The minimum Gasteiger partial charge on any atom is -0.285 e. The molecule has 0 aliphatic carbocycles. The summed E-state index contributed by atoms with van der Waals surface area (Å²) in [6.45, 7) is 8.18. The zero-order valence-electron chi connectivity index (χ0n) is 14.0. The molecular formula is C18H21N3O2. The predicted molar refractivity (Wildman–Crippen MR) is 88.3 cm³/mol. The first-order valence-electron chi connectivity index (χ1n) is 7.76. The van der Waals surface area contributed by atoms with Gasteiger partial charge in [-0.25, -0.2) is 4.90 Å². The van der Waals surface area contributed by atoms with Gasteiger partial charge >= 0.3 is 0 Å². The average molecular weight is 311 g/mol. The second-order valence-electron chi connectivity index (χ2n) is 6.74. The SMILES string of the molecule is CC1=C(C)C(=O)N(C2=NN(Cc3ccccc3)C(C)(C)C2)C1=O. The molecule has 2 amide bonds. The highest BCUT2D eigenvalue weighted by molar-refractivity contribution is 6.28. The Labute approximate surface area is 136 Å². The minimum atomic E-state index is -0.247. The van der Waals surface area contributed by atoms with Gasteiger partial charge in [0.2, 0.25) is 0 Å². The van der Waals surface area contributed by atoms with Gasteiger partial charge in [0.05, 0.1) is 12.1 Å². The van der Waals surface area contributed by atoms with Crippen LogP contribution in [0.5, 0.6) is 0 Å². The number of hydrazone groups is 1. The minimum absolute atomic E-state index is 0.240. The summed E-state index contributed by atoms with van der Waals surface area (Å²) in [5.41, 5.74) is 1.93. The molecule has 120 valence electrons. The van der Waals surface area contributed by atoms with Crippen LogP contribution < -0.4 is 0 Å². The molecule has 0 fully saturated rings. The Hall–Kier alpha value is -2.43. The number of hydrogen-bond donors (Lipinski definition) is 0. The lowest BCUT2D eigenvalue weighted by molar-refractivity contribution is -0.132. The molecule has 1 aromatic rings. The number of nitrogens with zero attached hydrogens (tertiary/aromatic N) is 3. The van der Waals surface area contributed by atoms with Gasteiger partial charge in [0.15, 0.2) is 0 Å². The molecule has 0 N–H and O–H groups in total. The molecule has 0 saturated carbocycles. The van der Waals surface area contributed by atoms with E-state index in [0.717, 1.165) is 5.56 Å². The maximum Gasteiger partial charge on any atom is 0.262 e. The van der Waals surface area contributed by atoms with Gasteiger partial charge in [-0.3, -0.25) is 14.6 Å². The van der Waals surface area contributed by atoms with E-state index in [1.807, 2.05) is 35.3 Å². The van der Waals surface area contributed by atoms with Crippen molar-refractivity contribution in [2.24, 2.45) is 5.10 Å². The Morgan fingerprint density at radius 3 is 2.17 bits per heavy atom. The first-order valence-corrected chi connectivity index (χ1v) is 7.76. The molecule has 1 aromatic carbocycles. The fraction of sp³-hybridized carbons (Fsp3) is 0.389. The van der Waals surface area contributed by atoms with Crippen molar-refractivity contribution in [3.8, 4) is 0 Å². The number of benzene rings is 1. The van der Waals surface area contributed by atoms with Gasteiger partial charge in [0.25, 0.3) is 11.8 Å². The third-order valence-electron chi connectivity index (χ3n) is 4.57. The number of rotatable bonds is 2. The van der Waals surface area contributed by atoms with E-state index in [0.29, 0.717) is 29.9 Å². The lowest BCUT2D eigenvalue weighted by Gasteiger charge is -2.30. The molecule has 2 aliphatic heterocycles. The van der Waals surface area contributed by atoms with Crippen LogP contribution in [-0.4, -0.2) is 33.1 Å². The van der Waals surface area contributed by atoms with Crippen LogP contribution in [0.15, 0.2) is 46.6 Å². The highest BCUT2D eigenvalue weighted by Crippen LogP contribution is 2.32. The monoisotopic (exact) mass is 311 g/mol. The number of hydrogen-bond acceptors (Lipinski definition) is 4. The van der Waals surface area contributed by atoms with Gasteiger partial charge in [0, 0.05) is 17.6 Å². The summed E-state index contributed by atoms with van der Waals surface area (Å²) in [5.74, 6) is 0.0457. The normalized spacial score (nSPS) is 20.6. The van der Waals surface area contributed by atoms with Gasteiger partial charge in [0.1, 0.15) is 5.84 Å². The van der Waals surface area contributed by atoms with Crippen LogP contribution in [0.25, 0.3) is 0 Å². The fourth-order valence-electron chi connectivity index (χ4n) is 2.90. The lowest BCUT2D eigenvalue weighted by atomic mass is 9.99. The third-order valence-corrected chi connectivity index (χ3v) is 4.57. The summed E-state index contributed by atoms with van der Waals surface area (Å²) in [5, 5.41) is 6.55. The van der Waals surface area contributed by atoms with Crippen LogP contribution in [0.4, 0.5) is 0 Å². The van der Waals surface area contributed by atoms with Crippen LogP contribution in [0.1, 0.15) is 39.7 Å². The standard InChI is InChI=1S/C18H21N3O2/c1-12-13(2)17(23)21(16(12)22)15-10-18(3,4)20(19-15)11-14-8-6-5-7-9-14/h5-9H,10-11H2,1-4H3. The molecule has 0 spiro atoms. The molecule has 23 heavy (non-hydrogen) atoms. The van der Waals surface area contributed by atoms with Crippen LogP contribution in [0.2, 0.25) is 0 Å². The molecule has 2 aliphatic rings. The molecule has 3 rings (SSSR count). The predicted octanol–water partition coefficient (Wildman–Crippen LogP) is 2.69. The zero-order valence-corrected chi connectivity index (χ0v) is 14.0. The van der Waals surface area contributed by atoms with Gasteiger partial charge in [-0.2, -0.15) is 5.10 Å². The average Bonchev–Trinajstić information content (AvgIpc) is 2.90. The molecule has 0 atom stereocenters. The van der Waals surface area contributed by atoms with Crippen molar-refractivity contribution in [2.45, 2.75) is 46.2 Å². The van der Waals surface area contributed by atoms with Crippen molar-refractivity contribution < 1.29 is 9.59 Å². The van der Waals surface area contributed by atoms with E-state index >= 15 is 0 Å². The van der Waals surface area contributed by atoms with E-state index in [2.05, 4.69) is 18.9 Å². The van der Waals surface area contributed by atoms with E-state index in [1.54, 1.807) is 13.8 Å². The van der Waals surface area contributed by atoms with Crippen LogP contribution in [0, 0.1) is 0 Å². The Kier molecular flexibility index (Phi) is 3.59. The topological polar surface area (TPSA) is 53.0 Å². The smallest absolute Gasteiger partial charge is 0.262 e. The summed E-state index contributed by atoms with van der Waals surface area (Å²) in [4.78, 5) is 25.9. The summed E-state index contributed by atoms with van der Waals surface area (Å²) < 4.78 is 0. The number of carbonyl (C=O) groups is 2. The molecule has 0 radical (unpaired) electrons. The van der Waals surface area contributed by atoms with E-state index in [1.165, 1.54) is 4.90 Å². The van der Waals surface area contributed by atoms with Gasteiger partial charge < -0.3 is 0 Å². The maximum absolute atomic E-state index is 12.3. The molecular weight excluding hydrogens is 290 g/mol. The fourth-order valence-corrected chi connectivity index (χ4v) is 2.90. The molecule has 5 heteroatoms. The zero-order chi connectivity index (χ0) is 16.8. The Morgan fingerprint density at radius 1 is 1.04 bits per heavy atom. The van der Waals surface area contributed by atoms with Crippen LogP contribution in [-0.2, 0) is 16.1 Å². The Bertz CT molecular complexity index is 708. The molecule has 5 nitrogen and oxygen atoms in total. The first-order chi connectivity index (χ1) is 10.8. The second-order valence-corrected chi connectivity index (χ2v) is 6.74. The summed E-state index contributed by atoms with van der Waals surface area (Å²) in [7, 11) is 0. The van der Waals surface area contributed by atoms with Crippen molar-refractivity contribution in [1.82, 2.24) is 9.91 Å². The van der Waals surface area contributed by atoms with Crippen molar-refractivity contribution in [3.05, 3.63) is 47.0 Å². The number of carbonyl (C=O) groups excluding carboxylic acids is 2. The summed E-state index contributed by atoms with van der Waals surface area (Å²) in [6, 6.07) is 10.1. The lowest BCUT2D eigenvalue weighted by Crippen LogP contribution is -2.39. The van der Waals surface area contributed by atoms with Crippen molar-refractivity contribution in [2.75, 3.05) is 0 Å². The molecule has 2 heterocycles. The number of amides is 2. The number of imide groups is 1. The van der Waals surface area contributed by atoms with Crippen molar-refractivity contribution in [3.63, 3.8) is 0 Å². The first kappa shape index (κ1) is 15.5. The second kappa shape index (κ2) is 5.33. The van der Waals surface area contributed by atoms with Crippen molar-refractivity contribution in [1.29, 1.82) is 0 Å². The molecule has 0 bridgehead atoms. The van der Waals surface area contributed by atoms with E-state index in [9.17, 15) is 9.59 Å². The highest BCUT2D eigenvalue weighted by atomic mass is 16.2. The largest absolute Gasteiger partial charge is 0.285 e. The maximum atomic E-state index is 12.3. The van der Waals surface area contributed by atoms with E-state index in [4.69, 9.17) is 0 Å². The van der Waals surface area contributed by atoms with Crippen molar-refractivity contribution >= 4 is 17.6 Å². The Balaban J connectivity index is 1.87. The highest BCUT2D eigenvalue weighted by Gasteiger charge is 2.43. The van der Waals surface area contributed by atoms with Gasteiger partial charge in [-0.05, 0) is 33.3 Å². The summed E-state index contributed by atoms with van der Waals surface area (Å²) >= 11 is 0. The van der Waals surface area contributed by atoms with Crippen LogP contribution in [0.3, 0.4) is 0 Å². The Morgan fingerprint density at radius 2 is 1.61 bits per heavy atom. The van der Waals surface area contributed by atoms with Gasteiger partial charge in [-0.1, -0.05) is 30.3 Å². The third kappa shape index (κ3) is 2.56. The molecule has 0 aromatic heterocycles. The molecule has 0 unspecified atom stereocenters. The quantitative estimate of drug-likeness (QED) is 0.789. The van der Waals surface area contributed by atoms with Crippen LogP contribution >= 0.6 is 0 Å². The number of amidine groups is 1. The summed E-state index contributed by atoms with van der Waals surface area (Å²) in [6.07, 6.45) is 0.567. The molecule has 0 saturated heterocycles. The van der Waals surface area contributed by atoms with E-state index < -0.39 is 0 Å². The van der Waals surface area contributed by atoms with Gasteiger partial charge in [-0.15, -0.1) is 0 Å². The van der Waals surface area contributed by atoms with E-state index in [-0.39, 0.29) is 17.4 Å².